The normalized spacial score (nSPS) is 42.5. The van der Waals surface area contributed by atoms with E-state index in [1.165, 1.54) is 0 Å². The summed E-state index contributed by atoms with van der Waals surface area (Å²) in [4.78, 5) is 119. The van der Waals surface area contributed by atoms with Gasteiger partial charge in [-0.05, 0) is 0 Å². The van der Waals surface area contributed by atoms with Crippen LogP contribution in [0.2, 0.25) is 0 Å². The minimum atomic E-state index is -3.76. The molecule has 8 saturated heterocycles. The number of carboxylic acid groups (broad SMARTS) is 4. The number of aliphatic carboxylic acids is 4. The Balaban J connectivity index is 1.08. The highest BCUT2D eigenvalue weighted by molar-refractivity contribution is 5.79. The van der Waals surface area contributed by atoms with Crippen LogP contribution in [0.1, 0.15) is 60.3 Å². The summed E-state index contributed by atoms with van der Waals surface area (Å²) in [5.41, 5.74) is 0. The SMILES string of the molecule is CC(=O)N[C@H]1[C@H](O[C@@H]2[C@H](O)[C@@H](O)[C@H](O[C@H]3[C@H](O)[C@@H](O)[C@H](O)O[C@@H]3CO)O[C@@H]2CO)O[C@H](CO)[C@H](O)[C@@H]1O[C@@H]1O[C@H](CO)[C@H](O)[C@H](O[C@]2(C(=O)O)C[C@H](O)[C@@H](NC(C)=O)[C@H]([C@H](O)[C@@H](CO)O[C@]3(C(=O)O)C[C@H](O)[C@@H](NC(C)=O)[C@H]([C@H](O)[C@@H](CO)O[C@]4(C(=O)O)C[C@H](O)[C@@H](NC(C)=O)[C@H]([C@H](O)[C@@H](CO)O[C@]5(C(=O)O)C[C@H](O)[C@@H](NC(C)=O)[C@H]([C@H](O)[C@H](O)CO)O5)O4)O3)O2)[C@H]1O. The Morgan fingerprint density at radius 2 is 0.602 bits per heavy atom. The lowest BCUT2D eigenvalue weighted by Crippen LogP contribution is -2.72. The summed E-state index contributed by atoms with van der Waals surface area (Å²) in [7, 11) is 0. The predicted molar refractivity (Wildman–Crippen MR) is 391 cm³/mol. The number of aliphatic hydroxyl groups is 25. The maximum atomic E-state index is 13.9. The second-order valence-electron chi connectivity index (χ2n) is 31.8. The van der Waals surface area contributed by atoms with Crippen molar-refractivity contribution >= 4 is 53.4 Å². The van der Waals surface area contributed by atoms with E-state index in [1.54, 1.807) is 0 Å². The van der Waals surface area contributed by atoms with E-state index in [4.69, 9.17) is 71.1 Å². The molecule has 44 atom stereocenters. The van der Waals surface area contributed by atoms with Crippen molar-refractivity contribution in [3.63, 3.8) is 0 Å². The average Bonchev–Trinajstić information content (AvgIpc) is 0.745. The van der Waals surface area contributed by atoms with Gasteiger partial charge in [0.05, 0.1) is 101 Å². The van der Waals surface area contributed by atoms with Gasteiger partial charge in [0.15, 0.2) is 25.2 Å². The molecule has 58 heteroatoms. The minimum Gasteiger partial charge on any atom is -0.477 e. The summed E-state index contributed by atoms with van der Waals surface area (Å²) < 4.78 is 85.8. The number of hydrogen-bond donors (Lipinski definition) is 34. The lowest BCUT2D eigenvalue weighted by Gasteiger charge is -2.52. The zero-order valence-corrected chi connectivity index (χ0v) is 68.3. The van der Waals surface area contributed by atoms with Crippen LogP contribution < -0.4 is 26.6 Å². The number of aliphatic hydroxyl groups excluding tert-OH is 25. The molecule has 0 spiro atoms. The topological polar surface area (TPSA) is 939 Å². The van der Waals surface area contributed by atoms with Crippen molar-refractivity contribution in [3.05, 3.63) is 0 Å². The molecule has 8 aliphatic rings. The van der Waals surface area contributed by atoms with Crippen LogP contribution in [0.25, 0.3) is 0 Å². The molecule has 128 heavy (non-hydrogen) atoms. The molecule has 736 valence electrons. The monoisotopic (exact) mass is 1870 g/mol. The fourth-order valence-electron chi connectivity index (χ4n) is 16.3. The Bertz CT molecular complexity index is 3720. The molecule has 8 rings (SSSR count). The molecular formula is C70H113N5O53. The van der Waals surface area contributed by atoms with Crippen molar-refractivity contribution in [2.75, 3.05) is 52.9 Å². The van der Waals surface area contributed by atoms with Gasteiger partial charge >= 0.3 is 23.9 Å². The number of carbonyl (C=O) groups is 9. The van der Waals surface area contributed by atoms with Gasteiger partial charge in [-0.3, -0.25) is 24.0 Å². The van der Waals surface area contributed by atoms with E-state index in [2.05, 4.69) is 26.6 Å². The van der Waals surface area contributed by atoms with Crippen LogP contribution in [0, 0.1) is 0 Å². The summed E-state index contributed by atoms with van der Waals surface area (Å²) in [6.07, 6.45) is -88.8. The second-order valence-corrected chi connectivity index (χ2v) is 31.8. The van der Waals surface area contributed by atoms with Gasteiger partial charge in [0.2, 0.25) is 29.5 Å². The molecule has 0 saturated carbocycles. The van der Waals surface area contributed by atoms with Gasteiger partial charge in [-0.1, -0.05) is 0 Å². The first-order chi connectivity index (χ1) is 59.9. The number of ether oxygens (including phenoxy) is 15. The number of carboxylic acids is 4. The Morgan fingerprint density at radius 1 is 0.320 bits per heavy atom. The number of rotatable bonds is 39. The highest BCUT2D eigenvalue weighted by Gasteiger charge is 2.67. The summed E-state index contributed by atoms with van der Waals surface area (Å²) >= 11 is 0. The number of carbonyl (C=O) groups excluding carboxylic acids is 5. The van der Waals surface area contributed by atoms with E-state index in [-0.39, 0.29) is 0 Å². The van der Waals surface area contributed by atoms with Gasteiger partial charge in [-0.15, -0.1) is 0 Å². The fourth-order valence-corrected chi connectivity index (χ4v) is 16.3. The van der Waals surface area contributed by atoms with E-state index in [0.717, 1.165) is 34.6 Å². The first-order valence-corrected chi connectivity index (χ1v) is 39.6. The first kappa shape index (κ1) is 107. The zero-order chi connectivity index (χ0) is 95.9. The van der Waals surface area contributed by atoms with E-state index < -0.39 is 400 Å². The van der Waals surface area contributed by atoms with Crippen LogP contribution in [-0.2, 0) is 114 Å². The maximum absolute atomic E-state index is 13.9. The standard InChI is InChI=1S/C70H113N5O53/c1-18(84)71-35-23(89)6-67(63(106)107,124-54(35)40(94)27(93)10-76)121-30(13-79)43(97)55-36(72-19(2)85)24(90)7-68(125-55,64(108)109)122-31(14-80)44(98)56-37(73-20(3)86)25(91)8-69(126-56,65(110)111)123-32(15-81)45(99)57-38(74-21(4)87)26(92)9-70(127-57,66(112)113)128-58-42(96)29(12-78)116-62(50(58)104)120-53-39(75-22(5)88)60(115-28(11-77)41(53)95)118-52-34(17-83)117-61(49(103)47(52)101)119-51-33(16-82)114-59(105)48(102)46(51)100/h23-62,76-83,89-105H,6-17H2,1-5H3,(H,71,84)(H,72,85)(H,73,86)(H,74,87)(H,75,88)(H,106,107)(H,108,109)(H,110,111)(H,112,113)/t23-,24-,25-,26-,27+,28+,29+,30+,31+,32+,33+,34+,35+,36+,37+,38+,39+,40+,41-,42-,43+,44+,45+,46+,47+,48+,49+,50+,51+,52-,53+,54+,55+,56+,57+,58-,59+,60-,61-,62-,67+,68+,69+,70-/m0/s1. The molecule has 34 N–H and O–H groups in total. The number of amides is 5. The van der Waals surface area contributed by atoms with Crippen LogP contribution >= 0.6 is 0 Å². The van der Waals surface area contributed by atoms with Crippen LogP contribution in [-0.4, -0.2) is 522 Å². The summed E-state index contributed by atoms with van der Waals surface area (Å²) in [6.45, 7) is -6.98. The smallest absolute Gasteiger partial charge is 0.364 e. The van der Waals surface area contributed by atoms with Gasteiger partial charge in [0.1, 0.15) is 171 Å². The lowest BCUT2D eigenvalue weighted by molar-refractivity contribution is -0.390. The number of hydrogen-bond acceptors (Lipinski definition) is 49. The molecule has 0 bridgehead atoms. The molecular weight excluding hydrogens is 1760 g/mol. The number of nitrogens with one attached hydrogen (secondary N) is 5. The molecule has 58 nitrogen and oxygen atoms in total. The van der Waals surface area contributed by atoms with Crippen LogP contribution in [0.15, 0.2) is 0 Å². The summed E-state index contributed by atoms with van der Waals surface area (Å²) in [5, 5.41) is 334. The quantitative estimate of drug-likeness (QED) is 0.0272. The Kier molecular flexibility index (Phi) is 37.3. The van der Waals surface area contributed by atoms with Gasteiger partial charge < -0.3 is 246 Å². The minimum absolute atomic E-state index is 0.769. The predicted octanol–water partition coefficient (Wildman–Crippen LogP) is -20.9. The molecule has 0 aromatic rings. The highest BCUT2D eigenvalue weighted by Crippen LogP contribution is 2.45. The third-order valence-corrected chi connectivity index (χ3v) is 22.6. The molecule has 0 aliphatic carbocycles. The molecule has 8 aliphatic heterocycles. The van der Waals surface area contributed by atoms with E-state index in [1.807, 2.05) is 0 Å². The zero-order valence-electron chi connectivity index (χ0n) is 68.3. The van der Waals surface area contributed by atoms with Crippen molar-refractivity contribution in [3.8, 4) is 0 Å². The van der Waals surface area contributed by atoms with Crippen molar-refractivity contribution in [1.29, 1.82) is 0 Å². The van der Waals surface area contributed by atoms with Gasteiger partial charge in [0.25, 0.3) is 23.1 Å². The largest absolute Gasteiger partial charge is 0.477 e. The molecule has 8 heterocycles. The van der Waals surface area contributed by atoms with Crippen molar-refractivity contribution in [2.45, 2.75) is 328 Å². The summed E-state index contributed by atoms with van der Waals surface area (Å²) in [6, 6.07) is -10.4. The first-order valence-electron chi connectivity index (χ1n) is 39.6. The Labute approximate surface area is 721 Å². The van der Waals surface area contributed by atoms with Gasteiger partial charge in [0, 0.05) is 60.3 Å². The van der Waals surface area contributed by atoms with Gasteiger partial charge in [-0.2, -0.15) is 0 Å². The third-order valence-electron chi connectivity index (χ3n) is 22.6. The van der Waals surface area contributed by atoms with Crippen molar-refractivity contribution in [2.24, 2.45) is 0 Å². The van der Waals surface area contributed by atoms with E-state index in [0.29, 0.717) is 0 Å². The van der Waals surface area contributed by atoms with Gasteiger partial charge in [-0.25, -0.2) is 19.2 Å². The highest BCUT2D eigenvalue weighted by atomic mass is 16.8. The summed E-state index contributed by atoms with van der Waals surface area (Å²) in [5.74, 6) is -29.5. The maximum Gasteiger partial charge on any atom is 0.364 e. The average molecular weight is 1870 g/mol. The molecule has 0 aromatic carbocycles. The van der Waals surface area contributed by atoms with E-state index in [9.17, 15) is 191 Å². The molecule has 5 amide bonds. The Morgan fingerprint density at radius 3 is 0.938 bits per heavy atom. The molecule has 0 unspecified atom stereocenters. The van der Waals surface area contributed by atoms with Crippen molar-refractivity contribution in [1.82, 2.24) is 26.6 Å². The van der Waals surface area contributed by atoms with Crippen LogP contribution in [0.5, 0.6) is 0 Å². The van der Waals surface area contributed by atoms with Crippen molar-refractivity contribution < 1.29 is 262 Å². The van der Waals surface area contributed by atoms with Crippen LogP contribution in [0.3, 0.4) is 0 Å². The molecule has 0 radical (unpaired) electrons. The van der Waals surface area contributed by atoms with Crippen LogP contribution in [0.4, 0.5) is 0 Å². The Hall–Kier alpha value is -6.37. The lowest BCUT2D eigenvalue weighted by atomic mass is 9.86. The second kappa shape index (κ2) is 44.7. The third kappa shape index (κ3) is 23.2. The molecule has 8 fully saturated rings. The van der Waals surface area contributed by atoms with E-state index >= 15 is 0 Å². The fraction of sp³-hybridized carbons (Fsp3) is 0.871. The molecule has 0 aromatic heterocycles.